The zero-order valence-corrected chi connectivity index (χ0v) is 15.2. The van der Waals surface area contributed by atoms with Gasteiger partial charge in [-0.1, -0.05) is 17.3 Å². The fourth-order valence-electron chi connectivity index (χ4n) is 3.91. The van der Waals surface area contributed by atoms with Gasteiger partial charge in [0.2, 0.25) is 17.6 Å². The number of rotatable bonds is 5. The van der Waals surface area contributed by atoms with Gasteiger partial charge < -0.3 is 14.2 Å². The number of benzene rings is 1. The van der Waals surface area contributed by atoms with E-state index in [-0.39, 0.29) is 23.7 Å². The Morgan fingerprint density at radius 2 is 2.11 bits per heavy atom. The molecular weight excluding hydrogens is 346 g/mol. The number of Topliss-reactive ketones (excluding diaryl/α,β-unsaturated/α-hetero) is 1. The van der Waals surface area contributed by atoms with Crippen molar-refractivity contribution in [3.05, 3.63) is 29.7 Å². The highest BCUT2D eigenvalue weighted by molar-refractivity contribution is 5.90. The zero-order valence-electron chi connectivity index (χ0n) is 15.2. The molecule has 2 fully saturated rings. The number of hydrogen-bond acceptors (Lipinski definition) is 6. The molecular formula is C20H21N3O4. The second-order valence-corrected chi connectivity index (χ2v) is 7.68. The predicted molar refractivity (Wildman–Crippen MR) is 95.4 cm³/mol. The maximum atomic E-state index is 12.6. The number of carbonyl (C=O) groups excluding carboxylic acids is 2. The quantitative estimate of drug-likeness (QED) is 0.808. The molecule has 1 aliphatic carbocycles. The second-order valence-electron chi connectivity index (χ2n) is 7.68. The summed E-state index contributed by atoms with van der Waals surface area (Å²) < 4.78 is 11.2. The average Bonchev–Trinajstić information content (AvgIpc) is 3.20. The molecule has 0 unspecified atom stereocenters. The Morgan fingerprint density at radius 3 is 2.81 bits per heavy atom. The van der Waals surface area contributed by atoms with Crippen molar-refractivity contribution in [3.8, 4) is 17.1 Å². The predicted octanol–water partition coefficient (Wildman–Crippen LogP) is 2.67. The minimum Gasteiger partial charge on any atom is -0.493 e. The number of ether oxygens (including phenoxy) is 1. The molecule has 1 saturated carbocycles. The van der Waals surface area contributed by atoms with Crippen LogP contribution in [0.1, 0.15) is 55.9 Å². The molecule has 1 aromatic carbocycles. The molecule has 140 valence electrons. The smallest absolute Gasteiger partial charge is 0.230 e. The highest BCUT2D eigenvalue weighted by Gasteiger charge is 2.38. The Labute approximate surface area is 156 Å². The normalized spacial score (nSPS) is 23.5. The first-order chi connectivity index (χ1) is 13.1. The molecule has 7 heteroatoms. The number of likely N-dealkylation sites (tertiary alicyclic amines) is 1. The lowest BCUT2D eigenvalue weighted by atomic mass is 9.88. The summed E-state index contributed by atoms with van der Waals surface area (Å²) in [7, 11) is 0. The molecule has 2 aliphatic heterocycles. The SMILES string of the molecule is CC(=O)N1CC[C@@H]1C(=O)C[C@@H]1COc2cc(-c3noc(C4CC4)n3)ccc21. The van der Waals surface area contributed by atoms with E-state index in [0.29, 0.717) is 37.2 Å². The first-order valence-electron chi connectivity index (χ1n) is 9.51. The van der Waals surface area contributed by atoms with Crippen molar-refractivity contribution in [3.63, 3.8) is 0 Å². The van der Waals surface area contributed by atoms with Crippen molar-refractivity contribution >= 4 is 11.7 Å². The monoisotopic (exact) mass is 367 g/mol. The van der Waals surface area contributed by atoms with Crippen LogP contribution in [0, 0.1) is 0 Å². The highest BCUT2D eigenvalue weighted by atomic mass is 16.5. The molecule has 2 atom stereocenters. The van der Waals surface area contributed by atoms with Crippen molar-refractivity contribution in [2.75, 3.05) is 13.2 Å². The number of amides is 1. The molecule has 0 radical (unpaired) electrons. The lowest BCUT2D eigenvalue weighted by Crippen LogP contribution is -2.54. The summed E-state index contributed by atoms with van der Waals surface area (Å²) >= 11 is 0. The van der Waals surface area contributed by atoms with Gasteiger partial charge in [0.25, 0.3) is 0 Å². The minimum absolute atomic E-state index is 0.0296. The maximum Gasteiger partial charge on any atom is 0.230 e. The third kappa shape index (κ3) is 2.91. The molecule has 0 bridgehead atoms. The summed E-state index contributed by atoms with van der Waals surface area (Å²) in [6.07, 6.45) is 3.40. The van der Waals surface area contributed by atoms with Crippen LogP contribution >= 0.6 is 0 Å². The molecule has 1 saturated heterocycles. The standard InChI is InChI=1S/C20H21N3O4/c1-11(24)23-7-6-16(23)17(25)8-14-10-26-18-9-13(4-5-15(14)18)19-21-20(27-22-19)12-2-3-12/h4-5,9,12,14,16H,2-3,6-8,10H2,1H3/t14-,16-/m1/s1. The Bertz CT molecular complexity index is 918. The molecule has 2 aromatic rings. The highest BCUT2D eigenvalue weighted by Crippen LogP contribution is 2.41. The summed E-state index contributed by atoms with van der Waals surface area (Å²) in [5.41, 5.74) is 1.89. The molecule has 1 aromatic heterocycles. The van der Waals surface area contributed by atoms with E-state index in [0.717, 1.165) is 36.1 Å². The van der Waals surface area contributed by atoms with Crippen molar-refractivity contribution in [1.82, 2.24) is 15.0 Å². The van der Waals surface area contributed by atoms with Crippen LogP contribution in [0.3, 0.4) is 0 Å². The van der Waals surface area contributed by atoms with Gasteiger partial charge in [-0.25, -0.2) is 0 Å². The van der Waals surface area contributed by atoms with Gasteiger partial charge in [-0.05, 0) is 25.3 Å². The number of ketones is 1. The van der Waals surface area contributed by atoms with Crippen LogP contribution in [-0.2, 0) is 9.59 Å². The van der Waals surface area contributed by atoms with Gasteiger partial charge in [-0.2, -0.15) is 4.98 Å². The van der Waals surface area contributed by atoms with Crippen LogP contribution in [-0.4, -0.2) is 45.9 Å². The van der Waals surface area contributed by atoms with Crippen LogP contribution in [0.4, 0.5) is 0 Å². The summed E-state index contributed by atoms with van der Waals surface area (Å²) in [4.78, 5) is 30.2. The zero-order chi connectivity index (χ0) is 18.5. The van der Waals surface area contributed by atoms with Crippen molar-refractivity contribution in [2.24, 2.45) is 0 Å². The third-order valence-corrected chi connectivity index (χ3v) is 5.76. The van der Waals surface area contributed by atoms with E-state index in [4.69, 9.17) is 9.26 Å². The molecule has 0 spiro atoms. The van der Waals surface area contributed by atoms with Gasteiger partial charge in [0.1, 0.15) is 5.75 Å². The summed E-state index contributed by atoms with van der Waals surface area (Å²) in [6.45, 7) is 2.68. The number of aromatic nitrogens is 2. The molecule has 27 heavy (non-hydrogen) atoms. The first kappa shape index (κ1) is 16.5. The van der Waals surface area contributed by atoms with Crippen molar-refractivity contribution in [2.45, 2.75) is 50.5 Å². The van der Waals surface area contributed by atoms with Gasteiger partial charge in [0, 0.05) is 42.9 Å². The van der Waals surface area contributed by atoms with E-state index >= 15 is 0 Å². The van der Waals surface area contributed by atoms with Crippen LogP contribution in [0.5, 0.6) is 5.75 Å². The van der Waals surface area contributed by atoms with E-state index in [9.17, 15) is 9.59 Å². The Hall–Kier alpha value is -2.70. The van der Waals surface area contributed by atoms with Crippen LogP contribution < -0.4 is 4.74 Å². The van der Waals surface area contributed by atoms with E-state index in [1.165, 1.54) is 6.92 Å². The van der Waals surface area contributed by atoms with Crippen molar-refractivity contribution < 1.29 is 18.8 Å². The van der Waals surface area contributed by atoms with Crippen molar-refractivity contribution in [1.29, 1.82) is 0 Å². The molecule has 1 amide bonds. The van der Waals surface area contributed by atoms with Gasteiger partial charge >= 0.3 is 0 Å². The number of nitrogens with zero attached hydrogens (tertiary/aromatic N) is 3. The van der Waals surface area contributed by atoms with Crippen LogP contribution in [0.25, 0.3) is 11.4 Å². The number of fused-ring (bicyclic) bond motifs is 1. The van der Waals surface area contributed by atoms with E-state index in [2.05, 4.69) is 10.1 Å². The average molecular weight is 367 g/mol. The van der Waals surface area contributed by atoms with Crippen LogP contribution in [0.2, 0.25) is 0 Å². The summed E-state index contributed by atoms with van der Waals surface area (Å²) in [5.74, 6) is 2.61. The van der Waals surface area contributed by atoms with Crippen LogP contribution in [0.15, 0.2) is 22.7 Å². The Morgan fingerprint density at radius 1 is 1.26 bits per heavy atom. The summed E-state index contributed by atoms with van der Waals surface area (Å²) in [5, 5.41) is 4.07. The van der Waals surface area contributed by atoms with E-state index in [1.807, 2.05) is 18.2 Å². The molecule has 0 N–H and O–H groups in total. The lowest BCUT2D eigenvalue weighted by molar-refractivity contribution is -0.144. The molecule has 5 rings (SSSR count). The van der Waals surface area contributed by atoms with Gasteiger partial charge in [0.15, 0.2) is 5.78 Å². The Kier molecular flexibility index (Phi) is 3.77. The minimum atomic E-state index is -0.258. The third-order valence-electron chi connectivity index (χ3n) is 5.76. The van der Waals surface area contributed by atoms with Gasteiger partial charge in [-0.3, -0.25) is 9.59 Å². The lowest BCUT2D eigenvalue weighted by Gasteiger charge is -2.39. The largest absolute Gasteiger partial charge is 0.493 e. The fraction of sp³-hybridized carbons (Fsp3) is 0.500. The van der Waals surface area contributed by atoms with E-state index in [1.54, 1.807) is 4.90 Å². The Balaban J connectivity index is 1.30. The number of carbonyl (C=O) groups is 2. The fourth-order valence-corrected chi connectivity index (χ4v) is 3.91. The topological polar surface area (TPSA) is 85.5 Å². The molecule has 3 aliphatic rings. The van der Waals surface area contributed by atoms with Gasteiger partial charge in [0.05, 0.1) is 12.6 Å². The maximum absolute atomic E-state index is 12.6. The molecule has 3 heterocycles. The number of hydrogen-bond donors (Lipinski definition) is 0. The summed E-state index contributed by atoms with van der Waals surface area (Å²) in [6, 6.07) is 5.61. The first-order valence-corrected chi connectivity index (χ1v) is 9.51. The van der Waals surface area contributed by atoms with Gasteiger partial charge in [-0.15, -0.1) is 0 Å². The molecule has 7 nitrogen and oxygen atoms in total. The van der Waals surface area contributed by atoms with E-state index < -0.39 is 0 Å². The second kappa shape index (κ2) is 6.18.